The van der Waals surface area contributed by atoms with Gasteiger partial charge in [-0.05, 0) is 266 Å². The number of anilines is 2. The lowest BCUT2D eigenvalue weighted by Gasteiger charge is -2.22. The molecule has 0 unspecified atom stereocenters. The number of ketones is 1. The van der Waals surface area contributed by atoms with Crippen LogP contribution in [-0.2, 0) is 51.4 Å². The molecular weight excluding hydrogens is 1410 g/mol. The van der Waals surface area contributed by atoms with Gasteiger partial charge in [0.15, 0.2) is 5.13 Å². The highest BCUT2D eigenvalue weighted by Gasteiger charge is 2.30. The maximum atomic E-state index is 13.5. The molecule has 0 aliphatic heterocycles. The Morgan fingerprint density at radius 2 is 0.991 bits per heavy atom. The van der Waals surface area contributed by atoms with Gasteiger partial charge in [0.25, 0.3) is 0 Å². The van der Waals surface area contributed by atoms with E-state index in [0.717, 1.165) is 219 Å². The number of hydrogen-bond acceptors (Lipinski definition) is 18. The van der Waals surface area contributed by atoms with E-state index in [-0.39, 0.29) is 5.78 Å². The van der Waals surface area contributed by atoms with Gasteiger partial charge < -0.3 is 10.1 Å². The summed E-state index contributed by atoms with van der Waals surface area (Å²) in [6.45, 7) is 10.2. The molecule has 0 atom stereocenters. The highest BCUT2D eigenvalue weighted by atomic mass is 32.1. The molecule has 0 bridgehead atoms. The van der Waals surface area contributed by atoms with E-state index in [0.29, 0.717) is 21.7 Å². The Balaban J connectivity index is 0.000000101. The molecule has 13 heterocycles. The van der Waals surface area contributed by atoms with Crippen molar-refractivity contribution in [2.75, 3.05) is 12.4 Å². The molecule has 110 heavy (non-hydrogen) atoms. The minimum atomic E-state index is -0.0613. The minimum absolute atomic E-state index is 0.0613. The molecule has 546 valence electrons. The SMILES string of the molecule is COc1cc(-c2n[nH]c3ccc4nc(-c5cn[nH]c5C)c5c(c4c23)CCCC5)cc(C)c1C.Cc1cc(Nc2ncc(C(=O)c3nc4ccc5[nH]ncc5c4c4c3CCCC4)s2)ccn1.[2H]c1cc2[nH]ncc2c2c3c(c(-c4cn[nH]c4C)nc12)CCCC3.c1csc(-c2nc3ccc4[nH]ncc4c3c3c2CCCC3)n1. The zero-order valence-corrected chi connectivity index (χ0v) is 63.4. The number of thiazole rings is 2. The highest BCUT2D eigenvalue weighted by Crippen LogP contribution is 2.45. The summed E-state index contributed by atoms with van der Waals surface area (Å²) < 4.78 is 14.1. The van der Waals surface area contributed by atoms with Crippen LogP contribution in [0.1, 0.15) is 141 Å². The third-order valence-corrected chi connectivity index (χ3v) is 24.3. The maximum Gasteiger partial charge on any atom is 0.223 e. The number of methoxy groups -OCH3 is 1. The van der Waals surface area contributed by atoms with Crippen LogP contribution in [0.3, 0.4) is 0 Å². The molecule has 5 aromatic carbocycles. The number of carbonyl (C=O) groups is 1. The van der Waals surface area contributed by atoms with E-state index in [4.69, 9.17) is 31.1 Å². The fraction of sp³-hybridized carbons (Fsp3) is 0.256. The molecule has 4 aliphatic carbocycles. The normalized spacial score (nSPS) is 14.0. The van der Waals surface area contributed by atoms with E-state index in [9.17, 15) is 4.79 Å². The van der Waals surface area contributed by atoms with Gasteiger partial charge in [0, 0.05) is 100 Å². The summed E-state index contributed by atoms with van der Waals surface area (Å²) >= 11 is 3.02. The molecule has 0 fully saturated rings. The van der Waals surface area contributed by atoms with Gasteiger partial charge in [-0.2, -0.15) is 30.6 Å². The van der Waals surface area contributed by atoms with Crippen LogP contribution in [-0.4, -0.2) is 109 Å². The van der Waals surface area contributed by atoms with Crippen LogP contribution in [0.25, 0.3) is 132 Å². The number of hydrogen-bond donors (Lipinski definition) is 7. The van der Waals surface area contributed by atoms with Crippen molar-refractivity contribution in [3.63, 3.8) is 0 Å². The van der Waals surface area contributed by atoms with Gasteiger partial charge in [-0.1, -0.05) is 11.3 Å². The molecule has 4 aliphatic rings. The number of ether oxygens (including phenoxy) is 1. The summed E-state index contributed by atoms with van der Waals surface area (Å²) in [5.41, 5.74) is 32.4. The Kier molecular flexibility index (Phi) is 17.3. The Hall–Kier alpha value is -12.3. The second-order valence-electron chi connectivity index (χ2n) is 29.2. The van der Waals surface area contributed by atoms with Gasteiger partial charge in [0.05, 0.1) is 106 Å². The lowest BCUT2D eigenvalue weighted by atomic mass is 9.85. The molecule has 7 N–H and O–H groups in total. The first-order valence-corrected chi connectivity index (χ1v) is 39.5. The predicted octanol–water partition coefficient (Wildman–Crippen LogP) is 18.9. The molecule has 22 rings (SSSR count). The van der Waals surface area contributed by atoms with Gasteiger partial charge >= 0.3 is 0 Å². The number of aromatic amines is 6. The second kappa shape index (κ2) is 28.4. The number of nitrogens with one attached hydrogen (secondary N) is 7. The summed E-state index contributed by atoms with van der Waals surface area (Å²) in [7, 11) is 1.73. The molecule has 18 aromatic rings. The van der Waals surface area contributed by atoms with E-state index < -0.39 is 0 Å². The Morgan fingerprint density at radius 1 is 0.473 bits per heavy atom. The van der Waals surface area contributed by atoms with E-state index in [2.05, 4.69) is 134 Å². The van der Waals surface area contributed by atoms with Crippen LogP contribution in [0.5, 0.6) is 5.75 Å². The van der Waals surface area contributed by atoms with Gasteiger partial charge in [-0.25, -0.2) is 29.9 Å². The third-order valence-electron chi connectivity index (χ3n) is 22.6. The standard InChI is InChI=1S/C27H27N5O.C24H20N6OS.C18H17N5.C17H14N4S/c1-14-11-17(12-23(33-4)15(14)2)26-25-22(31-32-26)10-9-21-24(25)18-7-5-6-8-19(18)27(29-21)20-13-28-30-16(20)3;1-13-10-14(8-9-25-13)28-24-26-12-20(32-24)23(31)22-16-5-3-2-4-15(16)21-17-11-27-30-18(17)6-7-19(21)29-22;1-10-13(8-19-22-10)18-12-5-3-2-4-11(12)17-14-9-20-23-15(14)6-7-16(17)21-18;1-2-4-11-10(3-1)15-12-9-19-21-13(12)5-6-14(15)20-16(11)17-18-7-8-22-17/h9-13H,5-8H2,1-4H3,(H,28,30)(H,31,32);6-12H,2-5H2,1H3,(H,27,30)(H,25,26,28);6-9H,2-5H2,1H3,(H,19,22)(H,20,23);5-9H,1-4H2,(H,19,21)/i;;7D;. The van der Waals surface area contributed by atoms with Gasteiger partial charge in [0.1, 0.15) is 27.8 Å². The summed E-state index contributed by atoms with van der Waals surface area (Å²) in [5, 5.41) is 60.5. The fourth-order valence-corrected chi connectivity index (χ4v) is 18.6. The molecular formula is C86H78N20O2S2. The largest absolute Gasteiger partial charge is 0.496 e. The van der Waals surface area contributed by atoms with Gasteiger partial charge in [-0.15, -0.1) is 11.3 Å². The first-order valence-electron chi connectivity index (χ1n) is 38.3. The number of rotatable bonds is 9. The topological polar surface area (TPSA) is 301 Å². The van der Waals surface area contributed by atoms with E-state index in [1.54, 1.807) is 30.8 Å². The zero-order chi connectivity index (χ0) is 75.1. The van der Waals surface area contributed by atoms with Crippen molar-refractivity contribution in [1.29, 1.82) is 0 Å². The Bertz CT molecular complexity index is 6710. The molecule has 0 amide bonds. The van der Waals surface area contributed by atoms with E-state index >= 15 is 0 Å². The van der Waals surface area contributed by atoms with Crippen LogP contribution >= 0.6 is 22.7 Å². The summed E-state index contributed by atoms with van der Waals surface area (Å²) in [5.74, 6) is 0.827. The Labute approximate surface area is 640 Å². The zero-order valence-electron chi connectivity index (χ0n) is 62.8. The lowest BCUT2D eigenvalue weighted by Crippen LogP contribution is -2.14. The number of fused-ring (bicyclic) bond motifs is 20. The van der Waals surface area contributed by atoms with Crippen LogP contribution in [0.15, 0.2) is 128 Å². The van der Waals surface area contributed by atoms with Crippen LogP contribution in [0.4, 0.5) is 10.8 Å². The third kappa shape index (κ3) is 12.1. The molecule has 0 radical (unpaired) electrons. The van der Waals surface area contributed by atoms with Crippen molar-refractivity contribution < 1.29 is 10.9 Å². The number of nitrogens with zero attached hydrogens (tertiary/aromatic N) is 13. The van der Waals surface area contributed by atoms with Crippen molar-refractivity contribution in [2.24, 2.45) is 0 Å². The first kappa shape index (κ1) is 67.1. The monoisotopic (exact) mass is 1490 g/mol. The van der Waals surface area contributed by atoms with Gasteiger partial charge in [0.2, 0.25) is 5.78 Å². The first-order chi connectivity index (χ1) is 54.4. The average molecular weight is 1490 g/mol. The number of pyridine rings is 5. The lowest BCUT2D eigenvalue weighted by molar-refractivity contribution is 0.103. The van der Waals surface area contributed by atoms with Crippen LogP contribution < -0.4 is 10.1 Å². The van der Waals surface area contributed by atoms with Crippen molar-refractivity contribution >= 4 is 126 Å². The molecule has 24 heteroatoms. The fourth-order valence-electron chi connectivity index (χ4n) is 17.2. The maximum absolute atomic E-state index is 13.5. The summed E-state index contributed by atoms with van der Waals surface area (Å²) in [6.07, 6.45) is 32.3. The molecule has 13 aromatic heterocycles. The van der Waals surface area contributed by atoms with Crippen molar-refractivity contribution in [3.05, 3.63) is 211 Å². The second-order valence-corrected chi connectivity index (χ2v) is 31.1. The number of H-pyrrole nitrogens is 6. The molecule has 0 saturated carbocycles. The van der Waals surface area contributed by atoms with Crippen molar-refractivity contribution in [2.45, 2.75) is 137 Å². The average Bonchev–Trinajstić information content (AvgIpc) is 1.72. The molecule has 0 saturated heterocycles. The quantitative estimate of drug-likeness (QED) is 0.0661. The number of aryl methyl sites for hydroxylation is 8. The summed E-state index contributed by atoms with van der Waals surface area (Å²) in [6, 6.07) is 22.7. The number of benzene rings is 5. The van der Waals surface area contributed by atoms with Gasteiger partial charge in [-0.3, -0.25) is 40.4 Å². The van der Waals surface area contributed by atoms with Crippen LogP contribution in [0.2, 0.25) is 0 Å². The number of aromatic nitrogens is 19. The molecule has 22 nitrogen and oxygen atoms in total. The predicted molar refractivity (Wildman–Crippen MR) is 437 cm³/mol. The highest BCUT2D eigenvalue weighted by molar-refractivity contribution is 7.17. The minimum Gasteiger partial charge on any atom is -0.496 e. The van der Waals surface area contributed by atoms with E-state index in [1.165, 1.54) is 111 Å². The smallest absolute Gasteiger partial charge is 0.223 e. The Morgan fingerprint density at radius 3 is 1.57 bits per heavy atom. The molecule has 0 spiro atoms. The van der Waals surface area contributed by atoms with E-state index in [1.807, 2.05) is 86.7 Å². The number of carbonyl (C=O) groups excluding carboxylic acids is 1. The van der Waals surface area contributed by atoms with Crippen molar-refractivity contribution in [1.82, 2.24) is 96.1 Å². The summed E-state index contributed by atoms with van der Waals surface area (Å²) in [4.78, 5) is 47.2. The van der Waals surface area contributed by atoms with Crippen LogP contribution in [0, 0.1) is 34.6 Å². The van der Waals surface area contributed by atoms with Crippen molar-refractivity contribution in [3.8, 4) is 50.2 Å².